The second-order valence-corrected chi connectivity index (χ2v) is 7.70. The summed E-state index contributed by atoms with van der Waals surface area (Å²) in [7, 11) is 0. The van der Waals surface area contributed by atoms with Gasteiger partial charge in [-0.15, -0.1) is 0 Å². The molecular formula is C22H32N2O5. The molecule has 1 aromatic carbocycles. The quantitative estimate of drug-likeness (QED) is 0.506. The molecule has 160 valence electrons. The van der Waals surface area contributed by atoms with Crippen molar-refractivity contribution >= 4 is 11.6 Å². The molecule has 2 saturated heterocycles. The van der Waals surface area contributed by atoms with Crippen LogP contribution in [0.5, 0.6) is 5.75 Å². The molecule has 0 saturated carbocycles. The van der Waals surface area contributed by atoms with Gasteiger partial charge in [0.2, 0.25) is 0 Å². The molecule has 2 heterocycles. The fourth-order valence-corrected chi connectivity index (χ4v) is 3.41. The number of benzene rings is 1. The fourth-order valence-electron chi connectivity index (χ4n) is 3.41. The molecule has 7 nitrogen and oxygen atoms in total. The fraction of sp³-hybridized carbons (Fsp3) is 0.636. The standard InChI is InChI=1S/C22H32N2O5/c1-17(24-29-15-19-8-12-27-13-9-19)20-2-4-21(5-3-20)28-16-22(25)23-14-18-6-10-26-11-7-18/h2-5,18-19H,6-16H2,1H3,(H,23,25)/b24-17+. The first kappa shape index (κ1) is 21.6. The third kappa shape index (κ3) is 7.66. The first-order chi connectivity index (χ1) is 14.2. The predicted octanol–water partition coefficient (Wildman–Crippen LogP) is 2.78. The number of oxime groups is 1. The normalized spacial score (nSPS) is 19.0. The van der Waals surface area contributed by atoms with Crippen LogP contribution in [-0.2, 0) is 19.1 Å². The van der Waals surface area contributed by atoms with Gasteiger partial charge in [-0.05, 0) is 68.4 Å². The number of amides is 1. The molecule has 1 amide bonds. The van der Waals surface area contributed by atoms with Crippen molar-refractivity contribution in [3.8, 4) is 5.75 Å². The molecule has 1 N–H and O–H groups in total. The van der Waals surface area contributed by atoms with Crippen LogP contribution >= 0.6 is 0 Å². The molecule has 0 atom stereocenters. The van der Waals surface area contributed by atoms with Gasteiger partial charge in [-0.3, -0.25) is 4.79 Å². The minimum Gasteiger partial charge on any atom is -0.484 e. The Labute approximate surface area is 172 Å². The van der Waals surface area contributed by atoms with E-state index in [-0.39, 0.29) is 12.5 Å². The van der Waals surface area contributed by atoms with Crippen LogP contribution in [-0.4, -0.2) is 57.8 Å². The van der Waals surface area contributed by atoms with Gasteiger partial charge < -0.3 is 24.4 Å². The van der Waals surface area contributed by atoms with E-state index in [1.807, 2.05) is 31.2 Å². The molecule has 29 heavy (non-hydrogen) atoms. The number of nitrogens with one attached hydrogen (secondary N) is 1. The van der Waals surface area contributed by atoms with Crippen LogP contribution in [0.2, 0.25) is 0 Å². The molecular weight excluding hydrogens is 372 g/mol. The van der Waals surface area contributed by atoms with Gasteiger partial charge in [0.1, 0.15) is 12.4 Å². The van der Waals surface area contributed by atoms with E-state index in [0.717, 1.165) is 63.4 Å². The molecule has 3 rings (SSSR count). The van der Waals surface area contributed by atoms with E-state index in [4.69, 9.17) is 19.0 Å². The average Bonchev–Trinajstić information content (AvgIpc) is 2.78. The molecule has 2 aliphatic heterocycles. The van der Waals surface area contributed by atoms with Gasteiger partial charge in [0, 0.05) is 38.9 Å². The Hall–Kier alpha value is -2.12. The second kappa shape index (κ2) is 11.8. The molecule has 1 aromatic rings. The highest BCUT2D eigenvalue weighted by Gasteiger charge is 2.15. The molecule has 7 heteroatoms. The van der Waals surface area contributed by atoms with Gasteiger partial charge in [0.15, 0.2) is 6.61 Å². The maximum Gasteiger partial charge on any atom is 0.257 e. The summed E-state index contributed by atoms with van der Waals surface area (Å²) in [4.78, 5) is 17.5. The Balaban J connectivity index is 1.36. The highest BCUT2D eigenvalue weighted by Crippen LogP contribution is 2.16. The van der Waals surface area contributed by atoms with Gasteiger partial charge >= 0.3 is 0 Å². The van der Waals surface area contributed by atoms with Crippen molar-refractivity contribution in [2.75, 3.05) is 46.2 Å². The zero-order valence-corrected chi connectivity index (χ0v) is 17.2. The van der Waals surface area contributed by atoms with Crippen LogP contribution in [0.25, 0.3) is 0 Å². The van der Waals surface area contributed by atoms with Crippen molar-refractivity contribution in [3.05, 3.63) is 29.8 Å². The summed E-state index contributed by atoms with van der Waals surface area (Å²) >= 11 is 0. The summed E-state index contributed by atoms with van der Waals surface area (Å²) in [6, 6.07) is 7.54. The van der Waals surface area contributed by atoms with Crippen LogP contribution in [0.3, 0.4) is 0 Å². The predicted molar refractivity (Wildman–Crippen MR) is 110 cm³/mol. The molecule has 2 aliphatic rings. The van der Waals surface area contributed by atoms with Crippen molar-refractivity contribution in [1.82, 2.24) is 5.32 Å². The highest BCUT2D eigenvalue weighted by atomic mass is 16.6. The number of rotatable bonds is 9. The van der Waals surface area contributed by atoms with E-state index in [0.29, 0.717) is 30.7 Å². The van der Waals surface area contributed by atoms with E-state index < -0.39 is 0 Å². The molecule has 0 unspecified atom stereocenters. The van der Waals surface area contributed by atoms with Crippen LogP contribution in [0.15, 0.2) is 29.4 Å². The molecule has 2 fully saturated rings. The first-order valence-electron chi connectivity index (χ1n) is 10.5. The molecule has 0 bridgehead atoms. The van der Waals surface area contributed by atoms with Crippen molar-refractivity contribution < 1.29 is 23.8 Å². The zero-order valence-electron chi connectivity index (χ0n) is 17.2. The van der Waals surface area contributed by atoms with Gasteiger partial charge in [0.05, 0.1) is 5.71 Å². The minimum absolute atomic E-state index is 0.0177. The van der Waals surface area contributed by atoms with Gasteiger partial charge in [-0.1, -0.05) is 5.16 Å². The number of hydrogen-bond acceptors (Lipinski definition) is 6. The molecule has 0 radical (unpaired) electrons. The van der Waals surface area contributed by atoms with Crippen LogP contribution in [0.1, 0.15) is 38.2 Å². The number of carbonyl (C=O) groups is 1. The summed E-state index contributed by atoms with van der Waals surface area (Å²) in [6.45, 7) is 6.45. The lowest BCUT2D eigenvalue weighted by Crippen LogP contribution is -2.35. The number of ether oxygens (including phenoxy) is 3. The molecule has 0 aliphatic carbocycles. The summed E-state index contributed by atoms with van der Waals surface area (Å²) in [5, 5.41) is 7.16. The van der Waals surface area contributed by atoms with Gasteiger partial charge in [-0.25, -0.2) is 0 Å². The highest BCUT2D eigenvalue weighted by molar-refractivity contribution is 5.98. The smallest absolute Gasteiger partial charge is 0.257 e. The lowest BCUT2D eigenvalue weighted by molar-refractivity contribution is -0.123. The van der Waals surface area contributed by atoms with E-state index in [1.165, 1.54) is 0 Å². The zero-order chi connectivity index (χ0) is 20.3. The third-order valence-electron chi connectivity index (χ3n) is 5.42. The van der Waals surface area contributed by atoms with Crippen molar-refractivity contribution in [3.63, 3.8) is 0 Å². The van der Waals surface area contributed by atoms with E-state index in [2.05, 4.69) is 10.5 Å². The largest absolute Gasteiger partial charge is 0.484 e. The van der Waals surface area contributed by atoms with Crippen LogP contribution in [0, 0.1) is 11.8 Å². The Bertz CT molecular complexity index is 650. The second-order valence-electron chi connectivity index (χ2n) is 7.70. The summed E-state index contributed by atoms with van der Waals surface area (Å²) < 4.78 is 16.3. The monoisotopic (exact) mass is 404 g/mol. The van der Waals surface area contributed by atoms with Gasteiger partial charge in [-0.2, -0.15) is 0 Å². The van der Waals surface area contributed by atoms with Crippen LogP contribution < -0.4 is 10.1 Å². The van der Waals surface area contributed by atoms with Crippen molar-refractivity contribution in [1.29, 1.82) is 0 Å². The summed E-state index contributed by atoms with van der Waals surface area (Å²) in [6.07, 6.45) is 4.07. The van der Waals surface area contributed by atoms with Crippen molar-refractivity contribution in [2.45, 2.75) is 32.6 Å². The van der Waals surface area contributed by atoms with E-state index in [9.17, 15) is 4.79 Å². The Morgan fingerprint density at radius 1 is 1.03 bits per heavy atom. The molecule has 0 aromatic heterocycles. The maximum atomic E-state index is 12.0. The Morgan fingerprint density at radius 2 is 1.66 bits per heavy atom. The third-order valence-corrected chi connectivity index (χ3v) is 5.42. The molecule has 0 spiro atoms. The number of hydrogen-bond donors (Lipinski definition) is 1. The minimum atomic E-state index is -0.0974. The Morgan fingerprint density at radius 3 is 2.31 bits per heavy atom. The average molecular weight is 405 g/mol. The lowest BCUT2D eigenvalue weighted by atomic mass is 10.0. The van der Waals surface area contributed by atoms with Gasteiger partial charge in [0.25, 0.3) is 5.91 Å². The maximum absolute atomic E-state index is 12.0. The lowest BCUT2D eigenvalue weighted by Gasteiger charge is -2.22. The Kier molecular flexibility index (Phi) is 8.77. The SMILES string of the molecule is C/C(=N\OCC1CCOCC1)c1ccc(OCC(=O)NCC2CCOCC2)cc1. The number of carbonyl (C=O) groups excluding carboxylic acids is 1. The first-order valence-corrected chi connectivity index (χ1v) is 10.5. The van der Waals surface area contributed by atoms with E-state index >= 15 is 0 Å². The topological polar surface area (TPSA) is 78.4 Å². The van der Waals surface area contributed by atoms with Crippen molar-refractivity contribution in [2.24, 2.45) is 17.0 Å². The van der Waals surface area contributed by atoms with E-state index in [1.54, 1.807) is 0 Å². The summed E-state index contributed by atoms with van der Waals surface area (Å²) in [5.74, 6) is 1.59. The number of nitrogens with zero attached hydrogens (tertiary/aromatic N) is 1. The summed E-state index contributed by atoms with van der Waals surface area (Å²) in [5.41, 5.74) is 1.78. The van der Waals surface area contributed by atoms with Crippen LogP contribution in [0.4, 0.5) is 0 Å².